The van der Waals surface area contributed by atoms with Gasteiger partial charge in [0.1, 0.15) is 5.78 Å². The van der Waals surface area contributed by atoms with Crippen LogP contribution in [0.1, 0.15) is 54.4 Å². The van der Waals surface area contributed by atoms with E-state index in [9.17, 15) is 4.79 Å². The molecular formula is C15H29NO2. The Bertz CT molecular complexity index is 293. The Balaban J connectivity index is 2.57. The molecule has 0 bridgehead atoms. The molecule has 0 aliphatic carbocycles. The van der Waals surface area contributed by atoms with E-state index in [4.69, 9.17) is 4.74 Å². The van der Waals surface area contributed by atoms with Crippen LogP contribution in [0.4, 0.5) is 0 Å². The summed E-state index contributed by atoms with van der Waals surface area (Å²) in [4.78, 5) is 14.7. The minimum absolute atomic E-state index is 0.0445. The number of carbonyl (C=O) groups is 1. The lowest BCUT2D eigenvalue weighted by Gasteiger charge is -2.27. The Hall–Kier alpha value is -0.410. The Morgan fingerprint density at radius 3 is 2.17 bits per heavy atom. The number of ketones is 1. The van der Waals surface area contributed by atoms with Crippen molar-refractivity contribution < 1.29 is 9.53 Å². The third kappa shape index (κ3) is 3.79. The number of ether oxygens (including phenoxy) is 1. The van der Waals surface area contributed by atoms with Crippen LogP contribution in [0, 0.1) is 5.92 Å². The zero-order valence-electron chi connectivity index (χ0n) is 12.9. The van der Waals surface area contributed by atoms with Crippen LogP contribution in [0.25, 0.3) is 0 Å². The number of hydrogen-bond donors (Lipinski definition) is 0. The summed E-state index contributed by atoms with van der Waals surface area (Å²) in [7, 11) is 0. The second-order valence-corrected chi connectivity index (χ2v) is 6.47. The van der Waals surface area contributed by atoms with Crippen LogP contribution in [-0.2, 0) is 9.53 Å². The molecule has 1 rings (SSSR count). The third-order valence-electron chi connectivity index (χ3n) is 4.03. The summed E-state index contributed by atoms with van der Waals surface area (Å²) in [6.07, 6.45) is 1.49. The van der Waals surface area contributed by atoms with E-state index in [0.717, 1.165) is 26.1 Å². The van der Waals surface area contributed by atoms with Crippen LogP contribution >= 0.6 is 0 Å². The maximum absolute atomic E-state index is 12.4. The van der Waals surface area contributed by atoms with Gasteiger partial charge < -0.3 is 9.64 Å². The third-order valence-corrected chi connectivity index (χ3v) is 4.03. The molecule has 0 amide bonds. The molecule has 1 aliphatic rings. The molecule has 0 spiro atoms. The first-order valence-electron chi connectivity index (χ1n) is 7.17. The van der Waals surface area contributed by atoms with Crippen LogP contribution in [-0.4, -0.2) is 41.5 Å². The molecule has 0 aromatic heterocycles. The van der Waals surface area contributed by atoms with E-state index in [1.54, 1.807) is 0 Å². The molecule has 0 N–H and O–H groups in total. The Morgan fingerprint density at radius 2 is 1.78 bits per heavy atom. The lowest BCUT2D eigenvalue weighted by atomic mass is 9.83. The molecular weight excluding hydrogens is 226 g/mol. The Morgan fingerprint density at radius 1 is 1.22 bits per heavy atom. The molecule has 1 saturated heterocycles. The molecule has 0 saturated carbocycles. The van der Waals surface area contributed by atoms with Gasteiger partial charge in [-0.3, -0.25) is 4.79 Å². The average Bonchev–Trinajstić information content (AvgIpc) is 2.48. The average molecular weight is 255 g/mol. The lowest BCUT2D eigenvalue weighted by Crippen LogP contribution is -2.35. The van der Waals surface area contributed by atoms with Crippen molar-refractivity contribution in [3.8, 4) is 0 Å². The standard InChI is InChI=1S/C15H29NO2/c1-7-16(8-2)10-9-13(17)12-11-14(3,4)18-15(12,5)6/h12H,7-11H2,1-6H3. The monoisotopic (exact) mass is 255 g/mol. The molecule has 0 aromatic carbocycles. The first kappa shape index (κ1) is 15.6. The smallest absolute Gasteiger partial charge is 0.140 e. The van der Waals surface area contributed by atoms with Gasteiger partial charge in [-0.1, -0.05) is 13.8 Å². The van der Waals surface area contributed by atoms with Crippen molar-refractivity contribution in [3.63, 3.8) is 0 Å². The fourth-order valence-electron chi connectivity index (χ4n) is 3.05. The first-order chi connectivity index (χ1) is 8.22. The summed E-state index contributed by atoms with van der Waals surface area (Å²) < 4.78 is 5.99. The summed E-state index contributed by atoms with van der Waals surface area (Å²) in [5.74, 6) is 0.403. The predicted molar refractivity (Wildman–Crippen MR) is 74.8 cm³/mol. The SMILES string of the molecule is CCN(CC)CCC(=O)C1CC(C)(C)OC1(C)C. The van der Waals surface area contributed by atoms with E-state index < -0.39 is 0 Å². The molecule has 1 atom stereocenters. The summed E-state index contributed by atoms with van der Waals surface area (Å²) in [6, 6.07) is 0. The van der Waals surface area contributed by atoms with Gasteiger partial charge in [-0.05, 0) is 47.2 Å². The molecule has 1 heterocycles. The molecule has 1 unspecified atom stereocenters. The van der Waals surface area contributed by atoms with Gasteiger partial charge in [-0.15, -0.1) is 0 Å². The van der Waals surface area contributed by atoms with E-state index in [0.29, 0.717) is 12.2 Å². The highest BCUT2D eigenvalue weighted by atomic mass is 16.5. The van der Waals surface area contributed by atoms with E-state index in [1.165, 1.54) is 0 Å². The van der Waals surface area contributed by atoms with Gasteiger partial charge in [-0.25, -0.2) is 0 Å². The van der Waals surface area contributed by atoms with Gasteiger partial charge in [0.2, 0.25) is 0 Å². The maximum Gasteiger partial charge on any atom is 0.140 e. The van der Waals surface area contributed by atoms with Crippen LogP contribution in [0.15, 0.2) is 0 Å². The highest BCUT2D eigenvalue weighted by molar-refractivity contribution is 5.82. The first-order valence-corrected chi connectivity index (χ1v) is 7.17. The van der Waals surface area contributed by atoms with Crippen molar-refractivity contribution in [3.05, 3.63) is 0 Å². The van der Waals surface area contributed by atoms with Crippen LogP contribution in [0.2, 0.25) is 0 Å². The van der Waals surface area contributed by atoms with E-state index in [1.807, 2.05) is 13.8 Å². The van der Waals surface area contributed by atoms with Crippen LogP contribution in [0.3, 0.4) is 0 Å². The molecule has 106 valence electrons. The molecule has 1 fully saturated rings. The number of Topliss-reactive ketones (excluding diaryl/α,β-unsaturated/α-hetero) is 1. The van der Waals surface area contributed by atoms with Gasteiger partial charge in [-0.2, -0.15) is 0 Å². The van der Waals surface area contributed by atoms with Gasteiger partial charge in [0.15, 0.2) is 0 Å². The highest BCUT2D eigenvalue weighted by Gasteiger charge is 2.48. The fourth-order valence-corrected chi connectivity index (χ4v) is 3.05. The zero-order chi connectivity index (χ0) is 14.0. The summed E-state index contributed by atoms with van der Waals surface area (Å²) in [5.41, 5.74) is -0.483. The quantitative estimate of drug-likeness (QED) is 0.731. The van der Waals surface area contributed by atoms with E-state index in [-0.39, 0.29) is 17.1 Å². The number of nitrogens with zero attached hydrogens (tertiary/aromatic N) is 1. The summed E-state index contributed by atoms with van der Waals surface area (Å²) >= 11 is 0. The zero-order valence-corrected chi connectivity index (χ0v) is 12.9. The molecule has 3 nitrogen and oxygen atoms in total. The van der Waals surface area contributed by atoms with Gasteiger partial charge in [0, 0.05) is 18.9 Å². The van der Waals surface area contributed by atoms with Crippen molar-refractivity contribution >= 4 is 5.78 Å². The fraction of sp³-hybridized carbons (Fsp3) is 0.933. The summed E-state index contributed by atoms with van der Waals surface area (Å²) in [5, 5.41) is 0. The van der Waals surface area contributed by atoms with E-state index in [2.05, 4.69) is 32.6 Å². The second-order valence-electron chi connectivity index (χ2n) is 6.47. The molecule has 18 heavy (non-hydrogen) atoms. The molecule has 0 radical (unpaired) electrons. The minimum atomic E-state index is -0.316. The van der Waals surface area contributed by atoms with Gasteiger partial charge >= 0.3 is 0 Å². The van der Waals surface area contributed by atoms with Crippen molar-refractivity contribution in [2.75, 3.05) is 19.6 Å². The van der Waals surface area contributed by atoms with Crippen molar-refractivity contribution in [2.24, 2.45) is 5.92 Å². The van der Waals surface area contributed by atoms with Crippen molar-refractivity contribution in [1.29, 1.82) is 0 Å². The minimum Gasteiger partial charge on any atom is -0.369 e. The molecule has 0 aromatic rings. The van der Waals surface area contributed by atoms with Gasteiger partial charge in [0.25, 0.3) is 0 Å². The van der Waals surface area contributed by atoms with Crippen molar-refractivity contribution in [1.82, 2.24) is 4.90 Å². The number of hydrogen-bond acceptors (Lipinski definition) is 3. The lowest BCUT2D eigenvalue weighted by molar-refractivity contribution is -0.129. The summed E-state index contributed by atoms with van der Waals surface area (Å²) in [6.45, 7) is 15.4. The Kier molecular flexibility index (Phi) is 4.96. The highest BCUT2D eigenvalue weighted by Crippen LogP contribution is 2.42. The number of rotatable bonds is 6. The molecule has 1 aliphatic heterocycles. The van der Waals surface area contributed by atoms with Crippen LogP contribution < -0.4 is 0 Å². The van der Waals surface area contributed by atoms with Gasteiger partial charge in [0.05, 0.1) is 11.2 Å². The topological polar surface area (TPSA) is 29.5 Å². The normalized spacial score (nSPS) is 25.6. The largest absolute Gasteiger partial charge is 0.369 e. The molecule has 3 heteroatoms. The van der Waals surface area contributed by atoms with E-state index >= 15 is 0 Å². The van der Waals surface area contributed by atoms with Crippen LogP contribution in [0.5, 0.6) is 0 Å². The Labute approximate surface area is 112 Å². The maximum atomic E-state index is 12.4. The number of carbonyl (C=O) groups excluding carboxylic acids is 1. The predicted octanol–water partition coefficient (Wildman–Crippen LogP) is 2.88. The van der Waals surface area contributed by atoms with Crippen molar-refractivity contribution in [2.45, 2.75) is 65.6 Å². The second kappa shape index (κ2) is 5.70.